The van der Waals surface area contributed by atoms with Gasteiger partial charge in [-0.3, -0.25) is 14.4 Å². The fraction of sp³-hybridized carbons (Fsp3) is 0.263. The number of carbonyl (C=O) groups excluding carboxylic acids is 2. The van der Waals surface area contributed by atoms with Crippen LogP contribution in [0.3, 0.4) is 0 Å². The zero-order valence-electron chi connectivity index (χ0n) is 16.8. The highest BCUT2D eigenvalue weighted by Gasteiger charge is 2.29. The van der Waals surface area contributed by atoms with E-state index in [2.05, 4.69) is 25.7 Å². The number of aryl methyl sites for hydroxylation is 2. The SMILES string of the molecule is CONC(=O)c1ccc(C)c(Nc2ncnn3cc(C(=O)NCC(F)(F)F)c(C)c23)c1. The maximum atomic E-state index is 12.4. The van der Waals surface area contributed by atoms with Crippen molar-refractivity contribution in [1.29, 1.82) is 0 Å². The molecule has 9 nitrogen and oxygen atoms in total. The van der Waals surface area contributed by atoms with E-state index in [4.69, 9.17) is 0 Å². The van der Waals surface area contributed by atoms with Crippen LogP contribution in [0.4, 0.5) is 24.7 Å². The second kappa shape index (κ2) is 8.60. The van der Waals surface area contributed by atoms with Crippen molar-refractivity contribution in [2.24, 2.45) is 0 Å². The standard InChI is InChI=1S/C19H19F3N6O3/c1-10-4-5-12(17(29)27-31-3)6-14(10)26-16-15-11(2)13(7-28(15)25-9-24-16)18(30)23-8-19(20,21)22/h4-7,9H,8H2,1-3H3,(H,23,30)(H,27,29)(H,24,25,26). The molecule has 0 saturated heterocycles. The van der Waals surface area contributed by atoms with Gasteiger partial charge in [0.15, 0.2) is 5.82 Å². The summed E-state index contributed by atoms with van der Waals surface area (Å²) < 4.78 is 38.6. The third-order valence-corrected chi connectivity index (χ3v) is 4.47. The molecule has 0 radical (unpaired) electrons. The van der Waals surface area contributed by atoms with Crippen molar-refractivity contribution in [3.63, 3.8) is 0 Å². The van der Waals surface area contributed by atoms with Crippen molar-refractivity contribution in [1.82, 2.24) is 25.4 Å². The number of rotatable bonds is 6. The number of carbonyl (C=O) groups is 2. The molecule has 2 heterocycles. The number of hydrogen-bond acceptors (Lipinski definition) is 6. The van der Waals surface area contributed by atoms with E-state index in [9.17, 15) is 22.8 Å². The monoisotopic (exact) mass is 436 g/mol. The van der Waals surface area contributed by atoms with Crippen LogP contribution in [0, 0.1) is 13.8 Å². The lowest BCUT2D eigenvalue weighted by Gasteiger charge is -2.12. The molecular formula is C19H19F3N6O3. The Balaban J connectivity index is 1.96. The molecular weight excluding hydrogens is 417 g/mol. The summed E-state index contributed by atoms with van der Waals surface area (Å²) in [5.41, 5.74) is 4.77. The van der Waals surface area contributed by atoms with E-state index in [-0.39, 0.29) is 5.56 Å². The summed E-state index contributed by atoms with van der Waals surface area (Å²) in [5.74, 6) is -1.00. The van der Waals surface area contributed by atoms with Gasteiger partial charge in [-0.2, -0.15) is 18.3 Å². The lowest BCUT2D eigenvalue weighted by atomic mass is 10.1. The number of anilines is 2. The van der Waals surface area contributed by atoms with E-state index < -0.39 is 24.5 Å². The Bertz CT molecular complexity index is 1140. The zero-order valence-corrected chi connectivity index (χ0v) is 16.8. The molecule has 31 heavy (non-hydrogen) atoms. The Morgan fingerprint density at radius 2 is 1.94 bits per heavy atom. The molecule has 2 amide bonds. The van der Waals surface area contributed by atoms with Crippen molar-refractivity contribution in [3.05, 3.63) is 53.0 Å². The molecule has 0 fully saturated rings. The van der Waals surface area contributed by atoms with Crippen molar-refractivity contribution in [2.45, 2.75) is 20.0 Å². The lowest BCUT2D eigenvalue weighted by Crippen LogP contribution is -2.33. The summed E-state index contributed by atoms with van der Waals surface area (Å²) in [5, 5.41) is 8.98. The average Bonchev–Trinajstić information content (AvgIpc) is 3.05. The predicted octanol–water partition coefficient (Wildman–Crippen LogP) is 2.67. The summed E-state index contributed by atoms with van der Waals surface area (Å²) >= 11 is 0. The first-order valence-corrected chi connectivity index (χ1v) is 8.99. The van der Waals surface area contributed by atoms with Crippen molar-refractivity contribution >= 4 is 28.8 Å². The maximum Gasteiger partial charge on any atom is 0.405 e. The van der Waals surface area contributed by atoms with Gasteiger partial charge in [0.1, 0.15) is 18.4 Å². The highest BCUT2D eigenvalue weighted by Crippen LogP contribution is 2.27. The largest absolute Gasteiger partial charge is 0.405 e. The number of alkyl halides is 3. The number of aromatic nitrogens is 3. The van der Waals surface area contributed by atoms with Crippen LogP contribution in [-0.2, 0) is 4.84 Å². The Kier molecular flexibility index (Phi) is 6.11. The normalized spacial score (nSPS) is 11.4. The van der Waals surface area contributed by atoms with Crippen LogP contribution < -0.4 is 16.1 Å². The summed E-state index contributed by atoms with van der Waals surface area (Å²) in [6, 6.07) is 4.94. The molecule has 0 aliphatic rings. The first-order valence-electron chi connectivity index (χ1n) is 8.99. The number of amides is 2. The van der Waals surface area contributed by atoms with Crippen molar-refractivity contribution < 1.29 is 27.6 Å². The molecule has 0 aliphatic heterocycles. The summed E-state index contributed by atoms with van der Waals surface area (Å²) in [7, 11) is 1.32. The Morgan fingerprint density at radius 3 is 2.61 bits per heavy atom. The molecule has 0 spiro atoms. The second-order valence-corrected chi connectivity index (χ2v) is 6.66. The van der Waals surface area contributed by atoms with Crippen LogP contribution in [0.2, 0.25) is 0 Å². The van der Waals surface area contributed by atoms with Crippen LogP contribution in [0.25, 0.3) is 5.52 Å². The van der Waals surface area contributed by atoms with E-state index >= 15 is 0 Å². The van der Waals surface area contributed by atoms with Crippen LogP contribution in [0.1, 0.15) is 31.8 Å². The summed E-state index contributed by atoms with van der Waals surface area (Å²) in [6.07, 6.45) is -1.95. The maximum absolute atomic E-state index is 12.4. The molecule has 2 aromatic heterocycles. The molecule has 12 heteroatoms. The predicted molar refractivity (Wildman–Crippen MR) is 105 cm³/mol. The minimum Gasteiger partial charge on any atom is -0.343 e. The zero-order chi connectivity index (χ0) is 22.8. The Morgan fingerprint density at radius 1 is 1.19 bits per heavy atom. The Hall–Kier alpha value is -3.67. The van der Waals surface area contributed by atoms with Gasteiger partial charge >= 0.3 is 6.18 Å². The second-order valence-electron chi connectivity index (χ2n) is 6.66. The van der Waals surface area contributed by atoms with Gasteiger partial charge in [0.25, 0.3) is 11.8 Å². The van der Waals surface area contributed by atoms with Crippen molar-refractivity contribution in [3.8, 4) is 0 Å². The molecule has 3 aromatic rings. The minimum atomic E-state index is -4.52. The van der Waals surface area contributed by atoms with Gasteiger partial charge in [-0.25, -0.2) is 15.0 Å². The van der Waals surface area contributed by atoms with Gasteiger partial charge in [0.2, 0.25) is 0 Å². The third kappa shape index (κ3) is 4.91. The molecule has 0 bridgehead atoms. The fourth-order valence-electron chi connectivity index (χ4n) is 2.93. The number of nitrogens with one attached hydrogen (secondary N) is 3. The quantitative estimate of drug-likeness (QED) is 0.513. The van der Waals surface area contributed by atoms with Crippen molar-refractivity contribution in [2.75, 3.05) is 19.0 Å². The van der Waals surface area contributed by atoms with Crippen LogP contribution in [-0.4, -0.2) is 46.2 Å². The highest BCUT2D eigenvalue weighted by atomic mass is 19.4. The highest BCUT2D eigenvalue weighted by molar-refractivity contribution is 5.99. The molecule has 1 aromatic carbocycles. The van der Waals surface area contributed by atoms with Gasteiger partial charge in [-0.15, -0.1) is 0 Å². The number of hydrogen-bond donors (Lipinski definition) is 3. The number of benzene rings is 1. The third-order valence-electron chi connectivity index (χ3n) is 4.47. The smallest absolute Gasteiger partial charge is 0.343 e. The molecule has 0 aliphatic carbocycles. The molecule has 3 rings (SSSR count). The van der Waals surface area contributed by atoms with Crippen LogP contribution in [0.15, 0.2) is 30.7 Å². The minimum absolute atomic E-state index is 0.0396. The van der Waals surface area contributed by atoms with Crippen LogP contribution in [0.5, 0.6) is 0 Å². The molecule has 164 valence electrons. The van der Waals surface area contributed by atoms with Gasteiger partial charge in [0, 0.05) is 17.4 Å². The van der Waals surface area contributed by atoms with Gasteiger partial charge in [0.05, 0.1) is 12.7 Å². The number of fused-ring (bicyclic) bond motifs is 1. The number of hydroxylamine groups is 1. The van der Waals surface area contributed by atoms with E-state index in [0.29, 0.717) is 28.1 Å². The van der Waals surface area contributed by atoms with E-state index in [0.717, 1.165) is 5.56 Å². The molecule has 3 N–H and O–H groups in total. The fourth-order valence-corrected chi connectivity index (χ4v) is 2.93. The number of halogens is 3. The van der Waals surface area contributed by atoms with Gasteiger partial charge in [-0.05, 0) is 37.1 Å². The first-order chi connectivity index (χ1) is 14.6. The number of nitrogens with zero attached hydrogens (tertiary/aromatic N) is 3. The van der Waals surface area contributed by atoms with Gasteiger partial charge in [-0.1, -0.05) is 6.07 Å². The van der Waals surface area contributed by atoms with Crippen LogP contribution >= 0.6 is 0 Å². The molecule has 0 atom stereocenters. The Labute approximate surface area is 174 Å². The van der Waals surface area contributed by atoms with E-state index in [1.165, 1.54) is 24.1 Å². The van der Waals surface area contributed by atoms with Gasteiger partial charge < -0.3 is 10.6 Å². The average molecular weight is 436 g/mol. The van der Waals surface area contributed by atoms with E-state index in [1.807, 2.05) is 12.2 Å². The topological polar surface area (TPSA) is 110 Å². The van der Waals surface area contributed by atoms with E-state index in [1.54, 1.807) is 25.1 Å². The molecule has 0 unspecified atom stereocenters. The summed E-state index contributed by atoms with van der Waals surface area (Å²) in [6.45, 7) is 1.96. The molecule has 0 saturated carbocycles. The first kappa shape index (κ1) is 22.0. The summed E-state index contributed by atoms with van der Waals surface area (Å²) in [4.78, 5) is 33.1. The lowest BCUT2D eigenvalue weighted by molar-refractivity contribution is -0.123.